The van der Waals surface area contributed by atoms with Crippen LogP contribution in [-0.4, -0.2) is 20.5 Å². The molecule has 21 heavy (non-hydrogen) atoms. The topological polar surface area (TPSA) is 46.8 Å². The first kappa shape index (κ1) is 14.9. The third-order valence-corrected chi connectivity index (χ3v) is 5.28. The van der Waals surface area contributed by atoms with Crippen molar-refractivity contribution >= 4 is 24.0 Å². The molecule has 3 rings (SSSR count). The molecule has 1 N–H and O–H groups in total. The normalized spacial score (nSPS) is 16.4. The quantitative estimate of drug-likeness (QED) is 0.627. The third kappa shape index (κ3) is 3.80. The fourth-order valence-electron chi connectivity index (χ4n) is 2.96. The van der Waals surface area contributed by atoms with E-state index in [1.165, 1.54) is 32.1 Å². The highest BCUT2D eigenvalue weighted by molar-refractivity contribution is 7.98. The lowest BCUT2D eigenvalue weighted by molar-refractivity contribution is 0.343. The largest absolute Gasteiger partial charge is 0.468 e. The van der Waals surface area contributed by atoms with Gasteiger partial charge in [-0.25, -0.2) is 0 Å². The summed E-state index contributed by atoms with van der Waals surface area (Å²) in [4.78, 5) is 0. The lowest BCUT2D eigenvalue weighted by Crippen LogP contribution is -2.16. The molecule has 2 aromatic heterocycles. The summed E-state index contributed by atoms with van der Waals surface area (Å²) in [6.45, 7) is 0. The van der Waals surface area contributed by atoms with Gasteiger partial charge in [0.15, 0.2) is 4.77 Å². The monoisotopic (exact) mass is 323 g/mol. The van der Waals surface area contributed by atoms with Gasteiger partial charge in [0, 0.05) is 18.2 Å². The Kier molecular flexibility index (Phi) is 5.19. The van der Waals surface area contributed by atoms with Gasteiger partial charge in [0.2, 0.25) is 0 Å². The number of rotatable bonds is 6. The van der Waals surface area contributed by atoms with Crippen molar-refractivity contribution in [3.8, 4) is 0 Å². The van der Waals surface area contributed by atoms with Crippen LogP contribution in [0.3, 0.4) is 0 Å². The predicted octanol–water partition coefficient (Wildman–Crippen LogP) is 4.51. The molecule has 1 saturated carbocycles. The van der Waals surface area contributed by atoms with Crippen molar-refractivity contribution in [2.24, 2.45) is 0 Å². The minimum atomic E-state index is 0.551. The molecular weight excluding hydrogens is 302 g/mol. The van der Waals surface area contributed by atoms with E-state index in [1.807, 2.05) is 23.9 Å². The average Bonchev–Trinajstić information content (AvgIpc) is 3.14. The zero-order valence-corrected chi connectivity index (χ0v) is 13.7. The Bertz CT molecular complexity index is 597. The van der Waals surface area contributed by atoms with Crippen LogP contribution in [0.1, 0.15) is 49.7 Å². The van der Waals surface area contributed by atoms with Gasteiger partial charge >= 0.3 is 0 Å². The number of aromatic nitrogens is 3. The summed E-state index contributed by atoms with van der Waals surface area (Å²) in [7, 11) is 0. The lowest BCUT2D eigenvalue weighted by Gasteiger charge is -2.24. The van der Waals surface area contributed by atoms with E-state index in [2.05, 4.69) is 14.8 Å². The van der Waals surface area contributed by atoms with Crippen LogP contribution in [-0.2, 0) is 12.2 Å². The summed E-state index contributed by atoms with van der Waals surface area (Å²) in [5.41, 5.74) is 0. The van der Waals surface area contributed by atoms with E-state index >= 15 is 0 Å². The van der Waals surface area contributed by atoms with Gasteiger partial charge in [-0.05, 0) is 37.2 Å². The summed E-state index contributed by atoms with van der Waals surface area (Å²) < 4.78 is 8.40. The standard InChI is InChI=1S/C15H21N3OS2/c20-15-17-16-14(18(15)12-5-2-1-3-6-12)8-10-21-11-13-7-4-9-19-13/h4,7,9,12H,1-3,5-6,8,10-11H2,(H,17,20). The van der Waals surface area contributed by atoms with Gasteiger partial charge in [0.25, 0.3) is 0 Å². The van der Waals surface area contributed by atoms with E-state index in [1.54, 1.807) is 6.26 Å². The molecular formula is C15H21N3OS2. The second-order valence-corrected chi connectivity index (χ2v) is 6.98. The van der Waals surface area contributed by atoms with E-state index in [9.17, 15) is 0 Å². The first-order chi connectivity index (χ1) is 10.3. The second kappa shape index (κ2) is 7.31. The number of furan rings is 1. The zero-order valence-electron chi connectivity index (χ0n) is 12.1. The molecule has 0 atom stereocenters. The van der Waals surface area contributed by atoms with E-state index in [4.69, 9.17) is 16.6 Å². The molecule has 114 valence electrons. The minimum Gasteiger partial charge on any atom is -0.468 e. The highest BCUT2D eigenvalue weighted by atomic mass is 32.2. The summed E-state index contributed by atoms with van der Waals surface area (Å²) >= 11 is 7.30. The van der Waals surface area contributed by atoms with Crippen LogP contribution < -0.4 is 0 Å². The molecule has 2 heterocycles. The lowest BCUT2D eigenvalue weighted by atomic mass is 9.95. The first-order valence-corrected chi connectivity index (χ1v) is 9.17. The Balaban J connectivity index is 1.56. The third-order valence-electron chi connectivity index (χ3n) is 4.01. The minimum absolute atomic E-state index is 0.551. The van der Waals surface area contributed by atoms with E-state index in [0.717, 1.165) is 34.3 Å². The molecule has 0 amide bonds. The van der Waals surface area contributed by atoms with Crippen LogP contribution in [0.25, 0.3) is 0 Å². The van der Waals surface area contributed by atoms with Crippen LogP contribution in [0, 0.1) is 4.77 Å². The molecule has 1 aliphatic carbocycles. The predicted molar refractivity (Wildman–Crippen MR) is 88.1 cm³/mol. The highest BCUT2D eigenvalue weighted by Crippen LogP contribution is 2.29. The van der Waals surface area contributed by atoms with Crippen LogP contribution >= 0.6 is 24.0 Å². The maximum Gasteiger partial charge on any atom is 0.195 e. The Labute approximate surface area is 134 Å². The number of H-pyrrole nitrogens is 1. The van der Waals surface area contributed by atoms with Gasteiger partial charge in [-0.1, -0.05) is 19.3 Å². The number of aromatic amines is 1. The Morgan fingerprint density at radius 1 is 1.38 bits per heavy atom. The van der Waals surface area contributed by atoms with Gasteiger partial charge in [-0.15, -0.1) is 0 Å². The van der Waals surface area contributed by atoms with Gasteiger partial charge in [0.05, 0.1) is 12.0 Å². The molecule has 4 nitrogen and oxygen atoms in total. The van der Waals surface area contributed by atoms with Crippen molar-refractivity contribution in [3.63, 3.8) is 0 Å². The molecule has 1 aliphatic rings. The van der Waals surface area contributed by atoms with Gasteiger partial charge in [-0.3, -0.25) is 5.10 Å². The van der Waals surface area contributed by atoms with Crippen molar-refractivity contribution in [1.82, 2.24) is 14.8 Å². The van der Waals surface area contributed by atoms with Gasteiger partial charge in [-0.2, -0.15) is 16.9 Å². The summed E-state index contributed by atoms with van der Waals surface area (Å²) in [5, 5.41) is 7.41. The molecule has 1 fully saturated rings. The SMILES string of the molecule is S=c1[nH]nc(CCSCc2ccco2)n1C1CCCCC1. The second-order valence-electron chi connectivity index (χ2n) is 5.49. The van der Waals surface area contributed by atoms with Crippen molar-refractivity contribution < 1.29 is 4.42 Å². The maximum absolute atomic E-state index is 5.42. The molecule has 0 saturated heterocycles. The molecule has 0 radical (unpaired) electrons. The number of hydrogen-bond acceptors (Lipinski definition) is 4. The molecule has 0 aromatic carbocycles. The van der Waals surface area contributed by atoms with Crippen molar-refractivity contribution in [2.75, 3.05) is 5.75 Å². The molecule has 0 spiro atoms. The zero-order chi connectivity index (χ0) is 14.5. The summed E-state index contributed by atoms with van der Waals surface area (Å²) in [5.74, 6) is 4.10. The van der Waals surface area contributed by atoms with Crippen LogP contribution in [0.4, 0.5) is 0 Å². The van der Waals surface area contributed by atoms with E-state index in [0.29, 0.717) is 6.04 Å². The van der Waals surface area contributed by atoms with Gasteiger partial charge in [0.1, 0.15) is 11.6 Å². The van der Waals surface area contributed by atoms with Crippen molar-refractivity contribution in [1.29, 1.82) is 0 Å². The number of aryl methyl sites for hydroxylation is 1. The number of nitrogens with one attached hydrogen (secondary N) is 1. The molecule has 0 bridgehead atoms. The Morgan fingerprint density at radius 2 is 2.24 bits per heavy atom. The number of thioether (sulfide) groups is 1. The molecule has 6 heteroatoms. The molecule has 0 unspecified atom stereocenters. The Morgan fingerprint density at radius 3 is 3.00 bits per heavy atom. The van der Waals surface area contributed by atoms with E-state index in [-0.39, 0.29) is 0 Å². The fraction of sp³-hybridized carbons (Fsp3) is 0.600. The van der Waals surface area contributed by atoms with Crippen LogP contribution in [0.5, 0.6) is 0 Å². The maximum atomic E-state index is 5.42. The average molecular weight is 323 g/mol. The molecule has 2 aromatic rings. The van der Waals surface area contributed by atoms with Crippen molar-refractivity contribution in [2.45, 2.75) is 50.3 Å². The Hall–Kier alpha value is -1.01. The summed E-state index contributed by atoms with van der Waals surface area (Å²) in [6.07, 6.45) is 9.13. The molecule has 0 aliphatic heterocycles. The highest BCUT2D eigenvalue weighted by Gasteiger charge is 2.19. The van der Waals surface area contributed by atoms with Crippen LogP contribution in [0.15, 0.2) is 22.8 Å². The van der Waals surface area contributed by atoms with Crippen LogP contribution in [0.2, 0.25) is 0 Å². The number of hydrogen-bond donors (Lipinski definition) is 1. The number of nitrogens with zero attached hydrogens (tertiary/aromatic N) is 2. The smallest absolute Gasteiger partial charge is 0.195 e. The van der Waals surface area contributed by atoms with Gasteiger partial charge < -0.3 is 8.98 Å². The first-order valence-electron chi connectivity index (χ1n) is 7.60. The fourth-order valence-corrected chi connectivity index (χ4v) is 4.10. The summed E-state index contributed by atoms with van der Waals surface area (Å²) in [6, 6.07) is 4.50. The van der Waals surface area contributed by atoms with Crippen molar-refractivity contribution in [3.05, 3.63) is 34.8 Å². The van der Waals surface area contributed by atoms with E-state index < -0.39 is 0 Å².